The largest absolute Gasteiger partial charge is 0.353 e. The van der Waals surface area contributed by atoms with E-state index in [9.17, 15) is 14.4 Å². The van der Waals surface area contributed by atoms with Gasteiger partial charge in [0.2, 0.25) is 17.7 Å². The molecule has 5 heteroatoms. The van der Waals surface area contributed by atoms with Gasteiger partial charge in [0, 0.05) is 6.04 Å². The lowest BCUT2D eigenvalue weighted by molar-refractivity contribution is -0.181. The Kier molecular flexibility index (Phi) is 6.66. The van der Waals surface area contributed by atoms with E-state index >= 15 is 0 Å². The zero-order valence-electron chi connectivity index (χ0n) is 20.8. The minimum atomic E-state index is -0.719. The Hall–Kier alpha value is -1.39. The van der Waals surface area contributed by atoms with Gasteiger partial charge in [-0.2, -0.15) is 0 Å². The average molecular weight is 433 g/mol. The first-order chi connectivity index (χ1) is 14.4. The van der Waals surface area contributed by atoms with Crippen molar-refractivity contribution in [3.63, 3.8) is 0 Å². The summed E-state index contributed by atoms with van der Waals surface area (Å²) in [5, 5.41) is 6.11. The quantitative estimate of drug-likeness (QED) is 0.590. The second-order valence-corrected chi connectivity index (χ2v) is 11.9. The maximum absolute atomic E-state index is 14.0. The maximum atomic E-state index is 14.0. The summed E-state index contributed by atoms with van der Waals surface area (Å²) in [5.41, 5.74) is -2.10. The van der Waals surface area contributed by atoms with Crippen molar-refractivity contribution < 1.29 is 14.4 Å². The molecule has 2 N–H and O–H groups in total. The topological polar surface area (TPSA) is 75.3 Å². The first-order valence-corrected chi connectivity index (χ1v) is 12.6. The molecule has 0 aromatic heterocycles. The molecule has 3 fully saturated rings. The third kappa shape index (κ3) is 3.84. The van der Waals surface area contributed by atoms with E-state index in [1.165, 1.54) is 32.1 Å². The van der Waals surface area contributed by atoms with Gasteiger partial charge in [0.25, 0.3) is 0 Å². The highest BCUT2D eigenvalue weighted by molar-refractivity contribution is 6.05. The van der Waals surface area contributed by atoms with E-state index in [0.717, 1.165) is 0 Å². The van der Waals surface area contributed by atoms with Gasteiger partial charge in [0.05, 0.1) is 16.2 Å². The fraction of sp³-hybridized carbons (Fsp3) is 0.885. The molecular weight excluding hydrogens is 388 g/mol. The van der Waals surface area contributed by atoms with Crippen LogP contribution in [-0.4, -0.2) is 23.8 Å². The van der Waals surface area contributed by atoms with E-state index < -0.39 is 16.2 Å². The highest BCUT2D eigenvalue weighted by Gasteiger charge is 2.67. The summed E-state index contributed by atoms with van der Waals surface area (Å²) in [4.78, 5) is 40.6. The van der Waals surface area contributed by atoms with E-state index in [0.29, 0.717) is 25.2 Å². The third-order valence-corrected chi connectivity index (χ3v) is 9.51. The standard InChI is InChI=1S/C26H44N2O3/c1-16(2)24(21(29)27-19(7)20-11-9-8-10-12-20)13-25(17(3)4)15-26(14-24,18(5)6)23(31)28-22(25)30/h16-20H,8-15H2,1-7H3,(H,27,29)(H,28,30,31)/t19-,24?,25?,26?/m1/s1. The number of hydrogen-bond donors (Lipinski definition) is 2. The van der Waals surface area contributed by atoms with E-state index in [1.807, 2.05) is 0 Å². The first-order valence-electron chi connectivity index (χ1n) is 12.6. The number of carbonyl (C=O) groups is 3. The normalized spacial score (nSPS) is 35.4. The van der Waals surface area contributed by atoms with Gasteiger partial charge < -0.3 is 5.32 Å². The molecule has 2 bridgehead atoms. The van der Waals surface area contributed by atoms with Crippen LogP contribution < -0.4 is 10.6 Å². The van der Waals surface area contributed by atoms with Gasteiger partial charge in [0.1, 0.15) is 0 Å². The van der Waals surface area contributed by atoms with Crippen LogP contribution in [0.3, 0.4) is 0 Å². The molecule has 31 heavy (non-hydrogen) atoms. The smallest absolute Gasteiger partial charge is 0.233 e. The molecule has 0 aromatic carbocycles. The van der Waals surface area contributed by atoms with E-state index in [4.69, 9.17) is 0 Å². The van der Waals surface area contributed by atoms with Gasteiger partial charge in [-0.3, -0.25) is 19.7 Å². The summed E-state index contributed by atoms with van der Waals surface area (Å²) in [7, 11) is 0. The molecule has 3 rings (SSSR count). The van der Waals surface area contributed by atoms with Crippen LogP contribution in [0.2, 0.25) is 0 Å². The molecule has 3 aliphatic rings. The van der Waals surface area contributed by atoms with E-state index in [1.54, 1.807) is 0 Å². The van der Waals surface area contributed by atoms with Crippen molar-refractivity contribution in [1.29, 1.82) is 0 Å². The molecule has 1 heterocycles. The van der Waals surface area contributed by atoms with Crippen molar-refractivity contribution in [2.45, 2.75) is 106 Å². The average Bonchev–Trinajstić information content (AvgIpc) is 2.72. The molecule has 5 nitrogen and oxygen atoms in total. The zero-order chi connectivity index (χ0) is 23.2. The van der Waals surface area contributed by atoms with E-state index in [-0.39, 0.29) is 41.5 Å². The number of rotatable bonds is 6. The summed E-state index contributed by atoms with van der Waals surface area (Å²) in [5.74, 6) is 0.372. The van der Waals surface area contributed by atoms with Crippen molar-refractivity contribution in [1.82, 2.24) is 10.6 Å². The molecule has 0 radical (unpaired) electrons. The lowest BCUT2D eigenvalue weighted by atomic mass is 9.43. The molecule has 3 atom stereocenters. The van der Waals surface area contributed by atoms with Crippen LogP contribution in [0.1, 0.15) is 99.8 Å². The molecule has 3 amide bonds. The highest BCUT2D eigenvalue weighted by Crippen LogP contribution is 2.64. The van der Waals surface area contributed by atoms with Crippen LogP contribution in [0.5, 0.6) is 0 Å². The number of amides is 3. The highest BCUT2D eigenvalue weighted by atomic mass is 16.2. The minimum absolute atomic E-state index is 0.0429. The molecule has 2 aliphatic carbocycles. The molecule has 2 unspecified atom stereocenters. The fourth-order valence-electron chi connectivity index (χ4n) is 6.82. The molecule has 1 aliphatic heterocycles. The number of carbonyl (C=O) groups excluding carboxylic acids is 3. The fourth-order valence-corrected chi connectivity index (χ4v) is 6.82. The van der Waals surface area contributed by atoms with Crippen molar-refractivity contribution in [3.8, 4) is 0 Å². The monoisotopic (exact) mass is 432 g/mol. The second kappa shape index (κ2) is 8.51. The number of piperidine rings is 1. The summed E-state index contributed by atoms with van der Waals surface area (Å²) in [6.45, 7) is 14.6. The SMILES string of the molecule is CC(C)C12CC(C(C)C)(CC(C(=O)N[C@H](C)C3CCCCC3)(C(C)C)C1)C(=O)NC2=O. The van der Waals surface area contributed by atoms with Crippen LogP contribution in [-0.2, 0) is 14.4 Å². The van der Waals surface area contributed by atoms with Crippen molar-refractivity contribution in [2.24, 2.45) is 39.9 Å². The number of fused-ring (bicyclic) bond motifs is 2. The predicted octanol–water partition coefficient (Wildman–Crippen LogP) is 4.84. The lowest BCUT2D eigenvalue weighted by Gasteiger charge is -2.60. The van der Waals surface area contributed by atoms with Gasteiger partial charge >= 0.3 is 0 Å². The Morgan fingerprint density at radius 2 is 1.29 bits per heavy atom. The maximum Gasteiger partial charge on any atom is 0.233 e. The summed E-state index contributed by atoms with van der Waals surface area (Å²) in [6, 6.07) is 0.125. The zero-order valence-corrected chi connectivity index (χ0v) is 20.8. The number of nitrogens with one attached hydrogen (secondary N) is 2. The van der Waals surface area contributed by atoms with Crippen molar-refractivity contribution >= 4 is 17.7 Å². The van der Waals surface area contributed by atoms with Gasteiger partial charge in [-0.15, -0.1) is 0 Å². The molecule has 0 spiro atoms. The first kappa shape index (κ1) is 24.3. The summed E-state index contributed by atoms with van der Waals surface area (Å²) >= 11 is 0. The Morgan fingerprint density at radius 1 is 0.806 bits per heavy atom. The third-order valence-electron chi connectivity index (χ3n) is 9.51. The number of hydrogen-bond acceptors (Lipinski definition) is 3. The van der Waals surface area contributed by atoms with Gasteiger partial charge in [-0.1, -0.05) is 60.8 Å². The Labute approximate surface area is 188 Å². The van der Waals surface area contributed by atoms with Crippen LogP contribution in [0.25, 0.3) is 0 Å². The van der Waals surface area contributed by atoms with Crippen LogP contribution in [0.15, 0.2) is 0 Å². The van der Waals surface area contributed by atoms with Crippen LogP contribution in [0, 0.1) is 39.9 Å². The van der Waals surface area contributed by atoms with Gasteiger partial charge in [0.15, 0.2) is 0 Å². The minimum Gasteiger partial charge on any atom is -0.353 e. The van der Waals surface area contributed by atoms with Crippen LogP contribution >= 0.6 is 0 Å². The molecule has 0 aromatic rings. The van der Waals surface area contributed by atoms with Gasteiger partial charge in [-0.25, -0.2) is 0 Å². The molecule has 2 saturated carbocycles. The Morgan fingerprint density at radius 3 is 1.71 bits per heavy atom. The van der Waals surface area contributed by atoms with Crippen molar-refractivity contribution in [2.75, 3.05) is 0 Å². The predicted molar refractivity (Wildman–Crippen MR) is 123 cm³/mol. The van der Waals surface area contributed by atoms with Crippen LogP contribution in [0.4, 0.5) is 0 Å². The summed E-state index contributed by atoms with van der Waals surface area (Å²) < 4.78 is 0. The van der Waals surface area contributed by atoms with E-state index in [2.05, 4.69) is 59.1 Å². The summed E-state index contributed by atoms with van der Waals surface area (Å²) in [6.07, 6.45) is 7.70. The number of imide groups is 1. The Balaban J connectivity index is 2.02. The molecule has 1 saturated heterocycles. The van der Waals surface area contributed by atoms with Crippen molar-refractivity contribution in [3.05, 3.63) is 0 Å². The second-order valence-electron chi connectivity index (χ2n) is 11.9. The molecular formula is C26H44N2O3. The lowest BCUT2D eigenvalue weighted by Crippen LogP contribution is -2.69. The molecule has 176 valence electrons. The van der Waals surface area contributed by atoms with Gasteiger partial charge in [-0.05, 0) is 62.7 Å². The Bertz CT molecular complexity index is 688.